The zero-order valence-electron chi connectivity index (χ0n) is 14.6. The Morgan fingerprint density at radius 1 is 1.18 bits per heavy atom. The zero-order valence-corrected chi connectivity index (χ0v) is 15.5. The molecule has 0 bridgehead atoms. The van der Waals surface area contributed by atoms with E-state index in [4.69, 9.17) is 17.0 Å². The van der Waals surface area contributed by atoms with E-state index in [1.807, 2.05) is 12.2 Å². The fraction of sp³-hybridized carbons (Fsp3) is 0.684. The van der Waals surface area contributed by atoms with E-state index in [1.165, 1.54) is 19.3 Å². The molecule has 3 heteroatoms. The minimum atomic E-state index is -0.237. The third-order valence-corrected chi connectivity index (χ3v) is 3.76. The van der Waals surface area contributed by atoms with Crippen molar-refractivity contribution in [1.82, 2.24) is 0 Å². The van der Waals surface area contributed by atoms with Crippen molar-refractivity contribution in [3.05, 3.63) is 23.8 Å². The number of ether oxygens (including phenoxy) is 1. The van der Waals surface area contributed by atoms with Crippen molar-refractivity contribution in [3.8, 4) is 0 Å². The highest BCUT2D eigenvalue weighted by atomic mass is 32.1. The molecule has 0 aliphatic heterocycles. The van der Waals surface area contributed by atoms with Crippen LogP contribution in [0.5, 0.6) is 0 Å². The number of hydrogen-bond acceptors (Lipinski definition) is 3. The quantitative estimate of drug-likeness (QED) is 0.152. The van der Waals surface area contributed by atoms with Gasteiger partial charge >= 0.3 is 5.97 Å². The van der Waals surface area contributed by atoms with Crippen molar-refractivity contribution in [2.45, 2.75) is 66.2 Å². The van der Waals surface area contributed by atoms with Crippen LogP contribution in [0.2, 0.25) is 0 Å². The summed E-state index contributed by atoms with van der Waals surface area (Å²) < 4.78 is 5.15. The van der Waals surface area contributed by atoms with Crippen molar-refractivity contribution >= 4 is 23.6 Å². The number of hydrogen-bond donors (Lipinski definition) is 0. The normalized spacial score (nSPS) is 13.6. The second kappa shape index (κ2) is 13.7. The molecule has 0 aliphatic carbocycles. The van der Waals surface area contributed by atoms with Crippen LogP contribution in [0.15, 0.2) is 23.8 Å². The van der Waals surface area contributed by atoms with E-state index in [0.717, 1.165) is 25.2 Å². The van der Waals surface area contributed by atoms with Gasteiger partial charge in [-0.25, -0.2) is 4.79 Å². The van der Waals surface area contributed by atoms with Crippen LogP contribution in [0.4, 0.5) is 0 Å². The largest absolute Gasteiger partial charge is 0.462 e. The van der Waals surface area contributed by atoms with Crippen molar-refractivity contribution in [3.63, 3.8) is 0 Å². The van der Waals surface area contributed by atoms with Gasteiger partial charge in [-0.1, -0.05) is 70.5 Å². The van der Waals surface area contributed by atoms with E-state index < -0.39 is 0 Å². The van der Waals surface area contributed by atoms with Crippen LogP contribution in [-0.4, -0.2) is 17.9 Å². The molecule has 1 unspecified atom stereocenters. The lowest BCUT2D eigenvalue weighted by Crippen LogP contribution is -2.06. The Hall–Kier alpha value is -0.960. The molecule has 0 radical (unpaired) electrons. The standard InChI is InChI=1S/C19H32O2S/c1-16(2)10-9-12-17(3)11-5-6-13-18(4)19(20)21-14-7-8-15-22/h5-6,13,15-17H,7-12,14H2,1-4H3. The molecule has 0 amide bonds. The Morgan fingerprint density at radius 3 is 2.55 bits per heavy atom. The predicted octanol–water partition coefficient (Wildman–Crippen LogP) is 5.66. The lowest BCUT2D eigenvalue weighted by Gasteiger charge is -2.09. The van der Waals surface area contributed by atoms with Crippen LogP contribution < -0.4 is 0 Å². The Kier molecular flexibility index (Phi) is 13.1. The number of carbonyl (C=O) groups is 1. The molecule has 0 aromatic carbocycles. The molecule has 0 saturated carbocycles. The molecule has 22 heavy (non-hydrogen) atoms. The Morgan fingerprint density at radius 2 is 1.91 bits per heavy atom. The number of esters is 1. The second-order valence-electron chi connectivity index (χ2n) is 6.39. The van der Waals surface area contributed by atoms with Gasteiger partial charge in [0.1, 0.15) is 0 Å². The SMILES string of the molecule is CC(=CC=CCC(C)CCCC(C)C)C(=O)OCCCC=S. The smallest absolute Gasteiger partial charge is 0.333 e. The maximum Gasteiger partial charge on any atom is 0.333 e. The monoisotopic (exact) mass is 324 g/mol. The molecule has 0 saturated heterocycles. The molecule has 0 aliphatic rings. The van der Waals surface area contributed by atoms with Gasteiger partial charge in [-0.05, 0) is 43.4 Å². The molecule has 126 valence electrons. The minimum absolute atomic E-state index is 0.237. The Bertz CT molecular complexity index is 370. The first-order valence-corrected chi connectivity index (χ1v) is 8.88. The molecule has 0 N–H and O–H groups in total. The molecule has 0 heterocycles. The summed E-state index contributed by atoms with van der Waals surface area (Å²) in [5.74, 6) is 1.26. The third-order valence-electron chi connectivity index (χ3n) is 3.52. The summed E-state index contributed by atoms with van der Waals surface area (Å²) >= 11 is 4.73. The summed E-state index contributed by atoms with van der Waals surface area (Å²) in [6.07, 6.45) is 12.5. The van der Waals surface area contributed by atoms with E-state index >= 15 is 0 Å². The second-order valence-corrected chi connectivity index (χ2v) is 6.72. The number of rotatable bonds is 12. The van der Waals surface area contributed by atoms with Gasteiger partial charge in [0.05, 0.1) is 6.61 Å². The van der Waals surface area contributed by atoms with Crippen LogP contribution in [-0.2, 0) is 9.53 Å². The first-order valence-electron chi connectivity index (χ1n) is 8.41. The molecular weight excluding hydrogens is 292 g/mol. The molecule has 0 aromatic rings. The van der Waals surface area contributed by atoms with E-state index in [2.05, 4.69) is 26.8 Å². The third kappa shape index (κ3) is 12.8. The van der Waals surface area contributed by atoms with Crippen LogP contribution in [0.3, 0.4) is 0 Å². The van der Waals surface area contributed by atoms with Gasteiger partial charge in [0.25, 0.3) is 0 Å². The van der Waals surface area contributed by atoms with Gasteiger partial charge in [-0.2, -0.15) is 0 Å². The highest BCUT2D eigenvalue weighted by Crippen LogP contribution is 2.15. The van der Waals surface area contributed by atoms with Crippen molar-refractivity contribution in [2.75, 3.05) is 6.61 Å². The van der Waals surface area contributed by atoms with Gasteiger partial charge in [0, 0.05) is 5.57 Å². The van der Waals surface area contributed by atoms with Crippen molar-refractivity contribution < 1.29 is 9.53 Å². The summed E-state index contributed by atoms with van der Waals surface area (Å²) in [6, 6.07) is 0. The summed E-state index contributed by atoms with van der Waals surface area (Å²) in [6.45, 7) is 9.05. The Balaban J connectivity index is 3.91. The highest BCUT2D eigenvalue weighted by Gasteiger charge is 2.04. The molecule has 0 fully saturated rings. The van der Waals surface area contributed by atoms with Gasteiger partial charge in [0.15, 0.2) is 0 Å². The number of carbonyl (C=O) groups excluding carboxylic acids is 1. The van der Waals surface area contributed by atoms with E-state index in [1.54, 1.807) is 12.3 Å². The van der Waals surface area contributed by atoms with Crippen LogP contribution >= 0.6 is 12.2 Å². The van der Waals surface area contributed by atoms with E-state index in [9.17, 15) is 4.79 Å². The zero-order chi connectivity index (χ0) is 16.8. The highest BCUT2D eigenvalue weighted by molar-refractivity contribution is 7.78. The molecule has 2 nitrogen and oxygen atoms in total. The number of unbranched alkanes of at least 4 members (excludes halogenated alkanes) is 1. The maximum absolute atomic E-state index is 11.7. The Labute approximate surface area is 142 Å². The van der Waals surface area contributed by atoms with E-state index in [-0.39, 0.29) is 5.97 Å². The first-order chi connectivity index (χ1) is 10.5. The summed E-state index contributed by atoms with van der Waals surface area (Å²) in [5.41, 5.74) is 0.645. The van der Waals surface area contributed by atoms with Gasteiger partial charge < -0.3 is 4.74 Å². The molecule has 0 rings (SSSR count). The lowest BCUT2D eigenvalue weighted by molar-refractivity contribution is -0.139. The number of thiocarbonyl (C=S) groups is 1. The average Bonchev–Trinajstić information content (AvgIpc) is 2.47. The summed E-state index contributed by atoms with van der Waals surface area (Å²) in [7, 11) is 0. The summed E-state index contributed by atoms with van der Waals surface area (Å²) in [4.78, 5) is 11.7. The van der Waals surface area contributed by atoms with Crippen LogP contribution in [0, 0.1) is 11.8 Å². The van der Waals surface area contributed by atoms with E-state index in [0.29, 0.717) is 18.1 Å². The van der Waals surface area contributed by atoms with Gasteiger partial charge in [-0.15, -0.1) is 0 Å². The average molecular weight is 325 g/mol. The minimum Gasteiger partial charge on any atom is -0.462 e. The molecule has 1 atom stereocenters. The fourth-order valence-corrected chi connectivity index (χ4v) is 2.20. The van der Waals surface area contributed by atoms with Gasteiger partial charge in [0.2, 0.25) is 0 Å². The maximum atomic E-state index is 11.7. The van der Waals surface area contributed by atoms with Crippen LogP contribution in [0.1, 0.15) is 66.2 Å². The molecule has 0 aromatic heterocycles. The van der Waals surface area contributed by atoms with Crippen LogP contribution in [0.25, 0.3) is 0 Å². The molecular formula is C19H32O2S. The topological polar surface area (TPSA) is 26.3 Å². The lowest BCUT2D eigenvalue weighted by atomic mass is 9.97. The fourth-order valence-electron chi connectivity index (χ4n) is 2.03. The first kappa shape index (κ1) is 21.0. The molecule has 0 spiro atoms. The number of allylic oxidation sites excluding steroid dienone is 3. The summed E-state index contributed by atoms with van der Waals surface area (Å²) in [5, 5.41) is 1.67. The van der Waals surface area contributed by atoms with Gasteiger partial charge in [-0.3, -0.25) is 0 Å². The van der Waals surface area contributed by atoms with Crippen molar-refractivity contribution in [2.24, 2.45) is 11.8 Å². The van der Waals surface area contributed by atoms with Crippen molar-refractivity contribution in [1.29, 1.82) is 0 Å². The predicted molar refractivity (Wildman–Crippen MR) is 99.2 cm³/mol.